The second-order valence-corrected chi connectivity index (χ2v) is 5.03. The summed E-state index contributed by atoms with van der Waals surface area (Å²) >= 11 is 0. The molecule has 0 spiro atoms. The summed E-state index contributed by atoms with van der Waals surface area (Å²) in [5, 5.41) is 0. The average molecular weight is 274 g/mol. The SMILES string of the molecule is C=CC(=O)OCC1(CC)COB(c2ccccc2)OC1. The Bertz CT molecular complexity index is 452. The molecule has 0 aliphatic carbocycles. The number of carbonyl (C=O) groups excluding carboxylic acids is 1. The van der Waals surface area contributed by atoms with E-state index in [2.05, 4.69) is 6.58 Å². The number of hydrogen-bond donors (Lipinski definition) is 0. The molecular formula is C15H19BO4. The lowest BCUT2D eigenvalue weighted by Gasteiger charge is -2.37. The van der Waals surface area contributed by atoms with Gasteiger partial charge in [-0.05, 0) is 11.9 Å². The van der Waals surface area contributed by atoms with E-state index < -0.39 is 5.97 Å². The maximum absolute atomic E-state index is 11.2. The second-order valence-electron chi connectivity index (χ2n) is 5.03. The minimum Gasteiger partial charge on any atom is -0.462 e. The van der Waals surface area contributed by atoms with Crippen molar-refractivity contribution in [3.63, 3.8) is 0 Å². The molecule has 1 fully saturated rings. The summed E-state index contributed by atoms with van der Waals surface area (Å²) in [6.07, 6.45) is 1.99. The van der Waals surface area contributed by atoms with Gasteiger partial charge in [-0.3, -0.25) is 0 Å². The van der Waals surface area contributed by atoms with Gasteiger partial charge in [0.15, 0.2) is 0 Å². The smallest absolute Gasteiger partial charge is 0.462 e. The van der Waals surface area contributed by atoms with Crippen LogP contribution >= 0.6 is 0 Å². The van der Waals surface area contributed by atoms with Crippen LogP contribution in [0.5, 0.6) is 0 Å². The van der Waals surface area contributed by atoms with Crippen LogP contribution in [-0.2, 0) is 18.8 Å². The van der Waals surface area contributed by atoms with Gasteiger partial charge in [-0.2, -0.15) is 0 Å². The molecule has 0 amide bonds. The molecule has 0 atom stereocenters. The van der Waals surface area contributed by atoms with Crippen molar-refractivity contribution < 1.29 is 18.8 Å². The van der Waals surface area contributed by atoms with Crippen LogP contribution in [0.2, 0.25) is 0 Å². The van der Waals surface area contributed by atoms with Crippen LogP contribution in [0.25, 0.3) is 0 Å². The highest BCUT2D eigenvalue weighted by molar-refractivity contribution is 6.61. The van der Waals surface area contributed by atoms with Gasteiger partial charge in [0.05, 0.1) is 0 Å². The first-order valence-electron chi connectivity index (χ1n) is 6.76. The summed E-state index contributed by atoms with van der Waals surface area (Å²) in [6.45, 7) is 6.73. The number of hydrogen-bond acceptors (Lipinski definition) is 4. The van der Waals surface area contributed by atoms with Gasteiger partial charge in [-0.25, -0.2) is 4.79 Å². The predicted octanol–water partition coefficient (Wildman–Crippen LogP) is 1.55. The Morgan fingerprint density at radius 2 is 2.05 bits per heavy atom. The zero-order valence-corrected chi connectivity index (χ0v) is 11.7. The van der Waals surface area contributed by atoms with E-state index in [1.54, 1.807) is 0 Å². The fourth-order valence-electron chi connectivity index (χ4n) is 2.07. The zero-order valence-electron chi connectivity index (χ0n) is 11.7. The maximum Gasteiger partial charge on any atom is 0.493 e. The van der Waals surface area contributed by atoms with E-state index in [1.807, 2.05) is 37.3 Å². The van der Waals surface area contributed by atoms with E-state index in [9.17, 15) is 4.79 Å². The lowest BCUT2D eigenvalue weighted by molar-refractivity contribution is -0.144. The predicted molar refractivity (Wildman–Crippen MR) is 77.6 cm³/mol. The first-order valence-corrected chi connectivity index (χ1v) is 6.76. The van der Waals surface area contributed by atoms with Crippen molar-refractivity contribution in [1.82, 2.24) is 0 Å². The Morgan fingerprint density at radius 1 is 1.40 bits per heavy atom. The molecule has 4 nitrogen and oxygen atoms in total. The third-order valence-corrected chi connectivity index (χ3v) is 3.59. The summed E-state index contributed by atoms with van der Waals surface area (Å²) in [7, 11) is -0.342. The van der Waals surface area contributed by atoms with Crippen molar-refractivity contribution in [1.29, 1.82) is 0 Å². The Morgan fingerprint density at radius 3 is 2.60 bits per heavy atom. The topological polar surface area (TPSA) is 44.8 Å². The number of ether oxygens (including phenoxy) is 1. The summed E-state index contributed by atoms with van der Waals surface area (Å²) in [5.41, 5.74) is 0.726. The summed E-state index contributed by atoms with van der Waals surface area (Å²) in [5.74, 6) is -0.414. The van der Waals surface area contributed by atoms with Crippen LogP contribution in [0.4, 0.5) is 0 Å². The van der Waals surface area contributed by atoms with Gasteiger partial charge in [0, 0.05) is 24.7 Å². The van der Waals surface area contributed by atoms with E-state index >= 15 is 0 Å². The standard InChI is InChI=1S/C15H19BO4/c1-3-14(17)18-10-15(4-2)11-19-16(20-12-15)13-8-6-5-7-9-13/h3,5-9H,1,4,10-12H2,2H3. The molecule has 1 aliphatic heterocycles. The third kappa shape index (κ3) is 3.49. The van der Waals surface area contributed by atoms with Crippen LogP contribution < -0.4 is 5.46 Å². The van der Waals surface area contributed by atoms with Gasteiger partial charge in [-0.1, -0.05) is 43.8 Å². The highest BCUT2D eigenvalue weighted by atomic mass is 16.6. The Balaban J connectivity index is 1.93. The lowest BCUT2D eigenvalue weighted by atomic mass is 9.75. The van der Waals surface area contributed by atoms with E-state index in [0.717, 1.165) is 11.9 Å². The first kappa shape index (κ1) is 14.8. The van der Waals surface area contributed by atoms with Gasteiger partial charge >= 0.3 is 13.1 Å². The highest BCUT2D eigenvalue weighted by Gasteiger charge is 2.39. The molecule has 106 valence electrons. The minimum absolute atomic E-state index is 0.274. The van der Waals surface area contributed by atoms with Gasteiger partial charge in [0.2, 0.25) is 0 Å². The molecule has 1 saturated heterocycles. The molecule has 1 heterocycles. The maximum atomic E-state index is 11.2. The van der Waals surface area contributed by atoms with Crippen molar-refractivity contribution in [3.05, 3.63) is 43.0 Å². The molecular weight excluding hydrogens is 255 g/mol. The van der Waals surface area contributed by atoms with Crippen LogP contribution in [0, 0.1) is 5.41 Å². The molecule has 0 radical (unpaired) electrons. The highest BCUT2D eigenvalue weighted by Crippen LogP contribution is 2.28. The fraction of sp³-hybridized carbons (Fsp3) is 0.400. The van der Waals surface area contributed by atoms with E-state index in [1.165, 1.54) is 6.08 Å². The zero-order chi connectivity index (χ0) is 14.4. The van der Waals surface area contributed by atoms with Gasteiger partial charge in [-0.15, -0.1) is 0 Å². The van der Waals surface area contributed by atoms with Gasteiger partial charge < -0.3 is 14.0 Å². The van der Waals surface area contributed by atoms with Crippen LogP contribution in [0.3, 0.4) is 0 Å². The van der Waals surface area contributed by atoms with Crippen molar-refractivity contribution in [2.45, 2.75) is 13.3 Å². The summed E-state index contributed by atoms with van der Waals surface area (Å²) in [4.78, 5) is 11.2. The molecule has 5 heteroatoms. The number of rotatable bonds is 5. The monoisotopic (exact) mass is 274 g/mol. The summed E-state index contributed by atoms with van der Waals surface area (Å²) < 4.78 is 16.7. The lowest BCUT2D eigenvalue weighted by Crippen LogP contribution is -2.51. The van der Waals surface area contributed by atoms with Crippen LogP contribution in [-0.4, -0.2) is 32.9 Å². The second kappa shape index (κ2) is 6.73. The number of esters is 1. The minimum atomic E-state index is -0.414. The number of benzene rings is 1. The molecule has 0 aromatic heterocycles. The molecule has 0 bridgehead atoms. The van der Waals surface area contributed by atoms with Gasteiger partial charge in [0.25, 0.3) is 0 Å². The van der Waals surface area contributed by atoms with Gasteiger partial charge in [0.1, 0.15) is 6.61 Å². The van der Waals surface area contributed by atoms with Crippen molar-refractivity contribution in [2.24, 2.45) is 5.41 Å². The quantitative estimate of drug-likeness (QED) is 0.464. The Kier molecular flexibility index (Phi) is 4.98. The molecule has 0 unspecified atom stereocenters. The van der Waals surface area contributed by atoms with Crippen molar-refractivity contribution in [3.8, 4) is 0 Å². The molecule has 0 saturated carbocycles. The third-order valence-electron chi connectivity index (χ3n) is 3.59. The van der Waals surface area contributed by atoms with Crippen molar-refractivity contribution >= 4 is 18.6 Å². The van der Waals surface area contributed by atoms with Crippen molar-refractivity contribution in [2.75, 3.05) is 19.8 Å². The molecule has 1 aromatic carbocycles. The fourth-order valence-corrected chi connectivity index (χ4v) is 2.07. The molecule has 1 aliphatic rings. The normalized spacial score (nSPS) is 17.6. The van der Waals surface area contributed by atoms with Crippen LogP contribution in [0.15, 0.2) is 43.0 Å². The first-order chi connectivity index (χ1) is 9.69. The Labute approximate surface area is 119 Å². The molecule has 0 N–H and O–H groups in total. The largest absolute Gasteiger partial charge is 0.493 e. The van der Waals surface area contributed by atoms with Crippen LogP contribution in [0.1, 0.15) is 13.3 Å². The Hall–Kier alpha value is -1.59. The van der Waals surface area contributed by atoms with E-state index in [-0.39, 0.29) is 19.1 Å². The molecule has 1 aromatic rings. The average Bonchev–Trinajstić information content (AvgIpc) is 2.54. The number of carbonyl (C=O) groups is 1. The van der Waals surface area contributed by atoms with E-state index in [0.29, 0.717) is 13.2 Å². The molecule has 20 heavy (non-hydrogen) atoms. The summed E-state index contributed by atoms with van der Waals surface area (Å²) in [6, 6.07) is 9.81. The van der Waals surface area contributed by atoms with E-state index in [4.69, 9.17) is 14.0 Å². The molecule has 2 rings (SSSR count).